The van der Waals surface area contributed by atoms with Crippen LogP contribution in [-0.4, -0.2) is 18.1 Å². The van der Waals surface area contributed by atoms with Gasteiger partial charge in [0.05, 0.1) is 0 Å². The molecule has 0 bridgehead atoms. The summed E-state index contributed by atoms with van der Waals surface area (Å²) in [5, 5.41) is 3.31. The maximum Gasteiger partial charge on any atom is 0.00388 e. The van der Waals surface area contributed by atoms with Crippen LogP contribution in [0.2, 0.25) is 0 Å². The summed E-state index contributed by atoms with van der Waals surface area (Å²) in [5.74, 6) is 0. The van der Waals surface area contributed by atoms with Crippen molar-refractivity contribution in [3.05, 3.63) is 0 Å². The van der Waals surface area contributed by atoms with Crippen LogP contribution in [0, 0.1) is 0 Å². The van der Waals surface area contributed by atoms with Gasteiger partial charge in [0.15, 0.2) is 0 Å². The van der Waals surface area contributed by atoms with Gasteiger partial charge in [-0.2, -0.15) is 0 Å². The number of hydrogen-bond donors (Lipinski definition) is 2. The summed E-state index contributed by atoms with van der Waals surface area (Å²) < 4.78 is 0. The maximum atomic E-state index is 5.53. The third-order valence-corrected chi connectivity index (χ3v) is 2.07. The second-order valence-corrected chi connectivity index (χ2v) is 4.52. The zero-order chi connectivity index (χ0) is 10.3. The Labute approximate surface area is 83.3 Å². The van der Waals surface area contributed by atoms with Gasteiger partial charge in [-0.3, -0.25) is 0 Å². The van der Waals surface area contributed by atoms with E-state index in [1.54, 1.807) is 0 Å². The first kappa shape index (κ1) is 12.9. The molecule has 1 fully saturated rings. The maximum absolute atomic E-state index is 5.53. The van der Waals surface area contributed by atoms with Crippen molar-refractivity contribution >= 4 is 0 Å². The van der Waals surface area contributed by atoms with E-state index < -0.39 is 0 Å². The van der Waals surface area contributed by atoms with Crippen LogP contribution in [0.15, 0.2) is 0 Å². The van der Waals surface area contributed by atoms with E-state index >= 15 is 0 Å². The molecule has 0 atom stereocenters. The molecule has 1 rings (SSSR count). The van der Waals surface area contributed by atoms with Crippen molar-refractivity contribution in [3.63, 3.8) is 0 Å². The van der Waals surface area contributed by atoms with Gasteiger partial charge in [-0.15, -0.1) is 0 Å². The van der Waals surface area contributed by atoms with E-state index in [2.05, 4.69) is 33.0 Å². The average Bonchev–Trinajstić information content (AvgIpc) is 2.37. The SMILES string of the molecule is CC(C)NC(C)C.NC1CCCC1. The van der Waals surface area contributed by atoms with Gasteiger partial charge in [-0.05, 0) is 12.8 Å². The second-order valence-electron chi connectivity index (χ2n) is 4.52. The molecule has 0 radical (unpaired) electrons. The number of hydrogen-bond acceptors (Lipinski definition) is 2. The van der Waals surface area contributed by atoms with Crippen LogP contribution < -0.4 is 11.1 Å². The van der Waals surface area contributed by atoms with Crippen LogP contribution in [0.3, 0.4) is 0 Å². The van der Waals surface area contributed by atoms with Crippen molar-refractivity contribution in [1.82, 2.24) is 5.32 Å². The van der Waals surface area contributed by atoms with Crippen molar-refractivity contribution in [2.75, 3.05) is 0 Å². The van der Waals surface area contributed by atoms with Crippen LogP contribution in [0.25, 0.3) is 0 Å². The van der Waals surface area contributed by atoms with Crippen molar-refractivity contribution in [3.8, 4) is 0 Å². The highest BCUT2D eigenvalue weighted by molar-refractivity contribution is 4.67. The summed E-state index contributed by atoms with van der Waals surface area (Å²) in [6.07, 6.45) is 5.25. The molecule has 0 spiro atoms. The molecule has 1 aliphatic rings. The first-order valence-corrected chi connectivity index (χ1v) is 5.54. The van der Waals surface area contributed by atoms with Gasteiger partial charge in [-0.25, -0.2) is 0 Å². The zero-order valence-electron chi connectivity index (χ0n) is 9.64. The number of nitrogens with two attached hydrogens (primary N) is 1. The number of nitrogens with one attached hydrogen (secondary N) is 1. The van der Waals surface area contributed by atoms with E-state index in [1.807, 2.05) is 0 Å². The van der Waals surface area contributed by atoms with Crippen molar-refractivity contribution < 1.29 is 0 Å². The molecular weight excluding hydrogens is 160 g/mol. The minimum atomic E-state index is 0.546. The highest BCUT2D eigenvalue weighted by Gasteiger charge is 2.07. The Kier molecular flexibility index (Phi) is 7.29. The molecule has 0 unspecified atom stereocenters. The molecule has 1 aliphatic carbocycles. The van der Waals surface area contributed by atoms with Gasteiger partial charge in [0.25, 0.3) is 0 Å². The minimum Gasteiger partial charge on any atom is -0.328 e. The molecule has 0 amide bonds. The fourth-order valence-corrected chi connectivity index (χ4v) is 1.62. The first-order chi connectivity index (χ1) is 6.02. The summed E-state index contributed by atoms with van der Waals surface area (Å²) in [6.45, 7) is 8.61. The molecule has 0 aromatic rings. The average molecular weight is 186 g/mol. The summed E-state index contributed by atoms with van der Waals surface area (Å²) >= 11 is 0. The molecule has 2 heteroatoms. The highest BCUT2D eigenvalue weighted by Crippen LogP contribution is 2.14. The molecule has 0 heterocycles. The Morgan fingerprint density at radius 1 is 1.00 bits per heavy atom. The van der Waals surface area contributed by atoms with E-state index in [-0.39, 0.29) is 0 Å². The van der Waals surface area contributed by atoms with Crippen LogP contribution in [0.5, 0.6) is 0 Å². The molecule has 1 saturated carbocycles. The van der Waals surface area contributed by atoms with Gasteiger partial charge in [0, 0.05) is 18.1 Å². The Bertz CT molecular complexity index is 98.7. The lowest BCUT2D eigenvalue weighted by Crippen LogP contribution is -2.29. The quantitative estimate of drug-likeness (QED) is 0.694. The molecule has 0 saturated heterocycles. The largest absolute Gasteiger partial charge is 0.328 e. The second kappa shape index (κ2) is 7.34. The van der Waals surface area contributed by atoms with Crippen LogP contribution >= 0.6 is 0 Å². The monoisotopic (exact) mass is 186 g/mol. The van der Waals surface area contributed by atoms with E-state index in [0.717, 1.165) is 0 Å². The molecule has 3 N–H and O–H groups in total. The lowest BCUT2D eigenvalue weighted by molar-refractivity contribution is 0.518. The van der Waals surface area contributed by atoms with E-state index in [1.165, 1.54) is 25.7 Å². The lowest BCUT2D eigenvalue weighted by Gasteiger charge is -2.10. The van der Waals surface area contributed by atoms with Gasteiger partial charge in [-0.1, -0.05) is 40.5 Å². The smallest absolute Gasteiger partial charge is 0.00388 e. The fraction of sp³-hybridized carbons (Fsp3) is 1.00. The van der Waals surface area contributed by atoms with Gasteiger partial charge >= 0.3 is 0 Å². The highest BCUT2D eigenvalue weighted by atomic mass is 14.9. The molecule has 13 heavy (non-hydrogen) atoms. The summed E-state index contributed by atoms with van der Waals surface area (Å²) in [4.78, 5) is 0. The van der Waals surface area contributed by atoms with Crippen LogP contribution in [0.1, 0.15) is 53.4 Å². The number of rotatable bonds is 2. The standard InChI is InChI=1S/C6H15N.C5H11N/c1-5(2)7-6(3)4;6-5-3-1-2-4-5/h5-7H,1-4H3;5H,1-4,6H2. The first-order valence-electron chi connectivity index (χ1n) is 5.54. The molecule has 0 aliphatic heterocycles. The zero-order valence-corrected chi connectivity index (χ0v) is 9.64. The molecule has 0 aromatic heterocycles. The summed E-state index contributed by atoms with van der Waals surface area (Å²) in [5.41, 5.74) is 5.53. The van der Waals surface area contributed by atoms with Crippen LogP contribution in [0.4, 0.5) is 0 Å². The molecule has 0 aromatic carbocycles. The normalized spacial score (nSPS) is 17.8. The molecular formula is C11H26N2. The van der Waals surface area contributed by atoms with Crippen molar-refractivity contribution in [2.24, 2.45) is 5.73 Å². The van der Waals surface area contributed by atoms with Crippen molar-refractivity contribution in [2.45, 2.75) is 71.5 Å². The topological polar surface area (TPSA) is 38.0 Å². The molecule has 2 nitrogen and oxygen atoms in total. The van der Waals surface area contributed by atoms with Gasteiger partial charge in [0.2, 0.25) is 0 Å². The van der Waals surface area contributed by atoms with E-state index in [4.69, 9.17) is 5.73 Å². The third kappa shape index (κ3) is 9.84. The summed E-state index contributed by atoms with van der Waals surface area (Å²) in [7, 11) is 0. The van der Waals surface area contributed by atoms with E-state index in [0.29, 0.717) is 18.1 Å². The van der Waals surface area contributed by atoms with Crippen molar-refractivity contribution in [1.29, 1.82) is 0 Å². The lowest BCUT2D eigenvalue weighted by atomic mass is 10.3. The minimum absolute atomic E-state index is 0.546. The predicted octanol–water partition coefficient (Wildman–Crippen LogP) is 2.28. The van der Waals surface area contributed by atoms with Gasteiger partial charge in [0.1, 0.15) is 0 Å². The Morgan fingerprint density at radius 3 is 1.46 bits per heavy atom. The predicted molar refractivity (Wildman–Crippen MR) is 59.9 cm³/mol. The Hall–Kier alpha value is -0.0800. The molecule has 80 valence electrons. The Morgan fingerprint density at radius 2 is 1.38 bits per heavy atom. The van der Waals surface area contributed by atoms with Crippen LogP contribution in [-0.2, 0) is 0 Å². The summed E-state index contributed by atoms with van der Waals surface area (Å²) in [6, 6.07) is 1.80. The fourth-order valence-electron chi connectivity index (χ4n) is 1.62. The Balaban J connectivity index is 0.000000223. The van der Waals surface area contributed by atoms with E-state index in [9.17, 15) is 0 Å². The van der Waals surface area contributed by atoms with Gasteiger partial charge < -0.3 is 11.1 Å². The third-order valence-electron chi connectivity index (χ3n) is 2.07.